The van der Waals surface area contributed by atoms with Gasteiger partial charge in [-0.3, -0.25) is 9.80 Å². The van der Waals surface area contributed by atoms with Gasteiger partial charge in [-0.25, -0.2) is 14.8 Å². The highest BCUT2D eigenvalue weighted by Gasteiger charge is 2.39. The van der Waals surface area contributed by atoms with Crippen LogP contribution >= 0.6 is 34.4 Å². The van der Waals surface area contributed by atoms with Gasteiger partial charge in [0.05, 0.1) is 18.7 Å². The highest BCUT2D eigenvalue weighted by Crippen LogP contribution is 2.38. The summed E-state index contributed by atoms with van der Waals surface area (Å²) in [5, 5.41) is 7.64. The molecule has 0 spiro atoms. The predicted octanol–water partition coefficient (Wildman–Crippen LogP) is 7.81. The second-order valence-corrected chi connectivity index (χ2v) is 19.3. The molecule has 1 aromatic carbocycles. The second kappa shape index (κ2) is 14.7. The number of hydrazine groups is 1. The predicted molar refractivity (Wildman–Crippen MR) is 180 cm³/mol. The molecule has 1 amide bonds. The van der Waals surface area contributed by atoms with Gasteiger partial charge in [0, 0.05) is 41.5 Å². The van der Waals surface area contributed by atoms with Gasteiger partial charge in [0.15, 0.2) is 8.32 Å². The number of methoxy groups -OCH3 is 1. The maximum Gasteiger partial charge on any atom is 0.348 e. The SMILES string of the molecule is COC(=O)c1ccc(CCN2C(=O)SC=CN2CC[C@H](Cc2cccc(C#Cc3cscn3)c2)O[Si](C)(C)C(C)(C)C)s1. The van der Waals surface area contributed by atoms with E-state index in [-0.39, 0.29) is 22.4 Å². The van der Waals surface area contributed by atoms with Gasteiger partial charge in [-0.1, -0.05) is 38.8 Å². The van der Waals surface area contributed by atoms with Crippen molar-refractivity contribution in [2.75, 3.05) is 20.2 Å². The van der Waals surface area contributed by atoms with Crippen LogP contribution in [0.1, 0.15) is 58.6 Å². The van der Waals surface area contributed by atoms with Crippen LogP contribution in [0, 0.1) is 11.8 Å². The molecule has 0 saturated heterocycles. The summed E-state index contributed by atoms with van der Waals surface area (Å²) in [6.07, 6.45) is 4.10. The van der Waals surface area contributed by atoms with E-state index in [1.165, 1.54) is 47.1 Å². The number of carbonyl (C=O) groups excluding carboxylic acids is 2. The first kappa shape index (κ1) is 33.0. The smallest absolute Gasteiger partial charge is 0.348 e. The fraction of sp³-hybridized carbons (Fsp3) is 0.406. The fourth-order valence-electron chi connectivity index (χ4n) is 4.28. The van der Waals surface area contributed by atoms with E-state index in [0.717, 1.165) is 29.0 Å². The van der Waals surface area contributed by atoms with Crippen LogP contribution in [0.4, 0.5) is 4.79 Å². The Morgan fingerprint density at radius 3 is 2.67 bits per heavy atom. The molecule has 0 bridgehead atoms. The molecule has 0 fully saturated rings. The number of thiophene rings is 1. The molecule has 0 aliphatic carbocycles. The number of benzene rings is 1. The van der Waals surface area contributed by atoms with Gasteiger partial charge in [-0.15, -0.1) is 22.7 Å². The van der Waals surface area contributed by atoms with Gasteiger partial charge in [-0.05, 0) is 83.9 Å². The average Bonchev–Trinajstić information content (AvgIpc) is 3.66. The number of carbonyl (C=O) groups is 2. The summed E-state index contributed by atoms with van der Waals surface area (Å²) in [5.74, 6) is 6.04. The molecule has 2 aromatic heterocycles. The molecule has 0 N–H and O–H groups in total. The van der Waals surface area contributed by atoms with Crippen LogP contribution in [0.3, 0.4) is 0 Å². The Hall–Kier alpha value is -2.88. The summed E-state index contributed by atoms with van der Waals surface area (Å²) in [6, 6.07) is 12.0. The third kappa shape index (κ3) is 9.30. The van der Waals surface area contributed by atoms with E-state index in [2.05, 4.69) is 62.8 Å². The molecule has 1 atom stereocenters. The lowest BCUT2D eigenvalue weighted by atomic mass is 10.0. The Bertz CT molecular complexity index is 1480. The van der Waals surface area contributed by atoms with Crippen LogP contribution in [0.2, 0.25) is 18.1 Å². The highest BCUT2D eigenvalue weighted by molar-refractivity contribution is 8.16. The van der Waals surface area contributed by atoms with Crippen molar-refractivity contribution >= 4 is 54.0 Å². The minimum Gasteiger partial charge on any atom is -0.465 e. The molecule has 3 heterocycles. The van der Waals surface area contributed by atoms with E-state index < -0.39 is 8.32 Å². The van der Waals surface area contributed by atoms with E-state index in [4.69, 9.17) is 9.16 Å². The summed E-state index contributed by atoms with van der Waals surface area (Å²) in [6.45, 7) is 12.5. The van der Waals surface area contributed by atoms with Crippen LogP contribution in [0.15, 0.2) is 58.9 Å². The van der Waals surface area contributed by atoms with Crippen molar-refractivity contribution in [1.29, 1.82) is 0 Å². The van der Waals surface area contributed by atoms with Crippen molar-refractivity contribution in [3.8, 4) is 11.8 Å². The van der Waals surface area contributed by atoms with E-state index in [9.17, 15) is 9.59 Å². The summed E-state index contributed by atoms with van der Waals surface area (Å²) in [4.78, 5) is 30.7. The Labute approximate surface area is 268 Å². The zero-order chi connectivity index (χ0) is 31.0. The van der Waals surface area contributed by atoms with Crippen LogP contribution in [-0.4, -0.2) is 60.8 Å². The van der Waals surface area contributed by atoms with Crippen molar-refractivity contribution in [2.24, 2.45) is 0 Å². The number of amides is 1. The third-order valence-electron chi connectivity index (χ3n) is 7.65. The molecular weight excluding hydrogens is 615 g/mol. The minimum absolute atomic E-state index is 0.0134. The number of ether oxygens (including phenoxy) is 1. The first-order valence-electron chi connectivity index (χ1n) is 14.2. The summed E-state index contributed by atoms with van der Waals surface area (Å²) >= 11 is 4.13. The van der Waals surface area contributed by atoms with Crippen molar-refractivity contribution < 1.29 is 18.8 Å². The van der Waals surface area contributed by atoms with Crippen molar-refractivity contribution in [2.45, 2.75) is 64.3 Å². The number of hydrogen-bond acceptors (Lipinski definition) is 9. The van der Waals surface area contributed by atoms with E-state index >= 15 is 0 Å². The lowest BCUT2D eigenvalue weighted by Crippen LogP contribution is -2.47. The van der Waals surface area contributed by atoms with Gasteiger partial charge in [0.2, 0.25) is 0 Å². The van der Waals surface area contributed by atoms with E-state index in [1.807, 2.05) is 40.2 Å². The number of hydrogen-bond donors (Lipinski definition) is 0. The van der Waals surface area contributed by atoms with Crippen molar-refractivity contribution in [3.05, 3.63) is 85.5 Å². The van der Waals surface area contributed by atoms with Gasteiger partial charge in [0.1, 0.15) is 10.6 Å². The number of nitrogens with zero attached hydrogens (tertiary/aromatic N) is 3. The molecule has 1 aliphatic heterocycles. The molecule has 11 heteroatoms. The molecule has 228 valence electrons. The highest BCUT2D eigenvalue weighted by atomic mass is 32.2. The molecule has 4 rings (SSSR count). The molecule has 0 radical (unpaired) electrons. The largest absolute Gasteiger partial charge is 0.465 e. The minimum atomic E-state index is -2.07. The lowest BCUT2D eigenvalue weighted by molar-refractivity contribution is 0.0567. The zero-order valence-electron chi connectivity index (χ0n) is 25.6. The number of aromatic nitrogens is 1. The topological polar surface area (TPSA) is 72.0 Å². The molecule has 7 nitrogen and oxygen atoms in total. The number of esters is 1. The summed E-state index contributed by atoms with van der Waals surface area (Å²) in [7, 11) is -0.685. The van der Waals surface area contributed by atoms with Crippen LogP contribution in [0.5, 0.6) is 0 Å². The molecule has 1 aliphatic rings. The Kier molecular flexibility index (Phi) is 11.3. The van der Waals surface area contributed by atoms with E-state index in [0.29, 0.717) is 24.4 Å². The average molecular weight is 654 g/mol. The fourth-order valence-corrected chi connectivity index (χ4v) is 7.70. The lowest BCUT2D eigenvalue weighted by Gasteiger charge is -2.41. The molecule has 0 saturated carbocycles. The maximum absolute atomic E-state index is 13.0. The summed E-state index contributed by atoms with van der Waals surface area (Å²) in [5.41, 5.74) is 4.69. The van der Waals surface area contributed by atoms with Crippen LogP contribution in [-0.2, 0) is 22.0 Å². The first-order valence-corrected chi connectivity index (χ1v) is 19.8. The monoisotopic (exact) mass is 653 g/mol. The van der Waals surface area contributed by atoms with Crippen molar-refractivity contribution in [3.63, 3.8) is 0 Å². The molecular formula is C32H39N3O4S3Si. The van der Waals surface area contributed by atoms with Gasteiger partial charge in [0.25, 0.3) is 0 Å². The number of rotatable bonds is 11. The van der Waals surface area contributed by atoms with E-state index in [1.54, 1.807) is 16.6 Å². The second-order valence-electron chi connectivity index (χ2n) is 11.8. The van der Waals surface area contributed by atoms with Crippen molar-refractivity contribution in [1.82, 2.24) is 15.0 Å². The molecule has 0 unspecified atom stereocenters. The molecule has 3 aromatic rings. The maximum atomic E-state index is 13.0. The summed E-state index contributed by atoms with van der Waals surface area (Å²) < 4.78 is 11.8. The van der Waals surface area contributed by atoms with Gasteiger partial charge >= 0.3 is 11.2 Å². The van der Waals surface area contributed by atoms with Gasteiger partial charge in [-0.2, -0.15) is 0 Å². The Morgan fingerprint density at radius 1 is 1.14 bits per heavy atom. The van der Waals surface area contributed by atoms with Crippen LogP contribution < -0.4 is 0 Å². The van der Waals surface area contributed by atoms with Crippen LogP contribution in [0.25, 0.3) is 0 Å². The Morgan fingerprint density at radius 2 is 1.95 bits per heavy atom. The standard InChI is InChI=1S/C32H39N3O4S3Si/c1-32(2,3)43(5,6)39-27(21-25-9-7-8-24(20-25)10-11-26-22-40-23-33-26)14-16-34-18-19-41-31(37)35(34)17-15-28-12-13-29(42-28)30(36)38-4/h7-9,12-13,18-20,22-23,27H,14-17,21H2,1-6H3/t27-/m1/s1. The Balaban J connectivity index is 1.47. The first-order chi connectivity index (χ1) is 20.4. The number of thiazole rings is 1. The number of thioether (sulfide) groups is 1. The normalized spacial score (nSPS) is 14.4. The zero-order valence-corrected chi connectivity index (χ0v) is 29.0. The molecule has 43 heavy (non-hydrogen) atoms. The third-order valence-corrected chi connectivity index (χ3v) is 14.6. The quantitative estimate of drug-likeness (QED) is 0.119. The van der Waals surface area contributed by atoms with Gasteiger partial charge < -0.3 is 9.16 Å².